The highest BCUT2D eigenvalue weighted by Gasteiger charge is 2.40. The SMILES string of the molecule is CCC1(CC)CSC(=NC2CC(C)(C)CC(C)(C)C2)N1. The van der Waals surface area contributed by atoms with E-state index >= 15 is 0 Å². The standard InChI is InChI=1S/C17H32N2S/c1-7-17(8-2)12-20-14(19-17)18-13-9-15(3,4)11-16(5,6)10-13/h13H,7-12H2,1-6H3,(H,18,19). The van der Waals surface area contributed by atoms with Crippen LogP contribution in [0.4, 0.5) is 0 Å². The maximum atomic E-state index is 5.09. The Bertz CT molecular complexity index is 364. The van der Waals surface area contributed by atoms with Crippen LogP contribution in [0.15, 0.2) is 4.99 Å². The van der Waals surface area contributed by atoms with Gasteiger partial charge in [0.2, 0.25) is 0 Å². The fraction of sp³-hybridized carbons (Fsp3) is 0.941. The van der Waals surface area contributed by atoms with Crippen molar-refractivity contribution in [1.29, 1.82) is 0 Å². The molecule has 1 aliphatic carbocycles. The van der Waals surface area contributed by atoms with Crippen LogP contribution in [0.3, 0.4) is 0 Å². The number of amidine groups is 1. The molecule has 20 heavy (non-hydrogen) atoms. The molecule has 116 valence electrons. The van der Waals surface area contributed by atoms with Crippen LogP contribution in [0.5, 0.6) is 0 Å². The third-order valence-corrected chi connectivity index (χ3v) is 6.22. The highest BCUT2D eigenvalue weighted by atomic mass is 32.2. The van der Waals surface area contributed by atoms with Gasteiger partial charge in [-0.15, -0.1) is 0 Å². The number of nitrogens with one attached hydrogen (secondary N) is 1. The van der Waals surface area contributed by atoms with Gasteiger partial charge in [0.25, 0.3) is 0 Å². The summed E-state index contributed by atoms with van der Waals surface area (Å²) in [5.74, 6) is 1.18. The van der Waals surface area contributed by atoms with Gasteiger partial charge in [0.1, 0.15) is 0 Å². The third kappa shape index (κ3) is 3.72. The molecule has 1 N–H and O–H groups in total. The summed E-state index contributed by atoms with van der Waals surface area (Å²) in [6.45, 7) is 14.2. The van der Waals surface area contributed by atoms with Crippen molar-refractivity contribution in [2.45, 2.75) is 85.2 Å². The molecule has 0 unspecified atom stereocenters. The molecule has 2 aliphatic rings. The summed E-state index contributed by atoms with van der Waals surface area (Å²) in [6.07, 6.45) is 6.16. The van der Waals surface area contributed by atoms with E-state index in [2.05, 4.69) is 46.9 Å². The van der Waals surface area contributed by atoms with Crippen LogP contribution < -0.4 is 5.32 Å². The number of nitrogens with zero attached hydrogens (tertiary/aromatic N) is 1. The molecule has 0 amide bonds. The zero-order chi connectivity index (χ0) is 15.0. The van der Waals surface area contributed by atoms with E-state index in [1.807, 2.05) is 11.8 Å². The van der Waals surface area contributed by atoms with Gasteiger partial charge in [0.05, 0.1) is 6.04 Å². The molecule has 0 spiro atoms. The smallest absolute Gasteiger partial charge is 0.157 e. The van der Waals surface area contributed by atoms with Crippen LogP contribution in [0.1, 0.15) is 73.6 Å². The van der Waals surface area contributed by atoms with Crippen molar-refractivity contribution in [2.24, 2.45) is 15.8 Å². The van der Waals surface area contributed by atoms with Gasteiger partial charge in [0.15, 0.2) is 5.17 Å². The van der Waals surface area contributed by atoms with E-state index < -0.39 is 0 Å². The number of aliphatic imine (C=N–C) groups is 1. The minimum Gasteiger partial charge on any atom is -0.359 e. The van der Waals surface area contributed by atoms with Crippen molar-refractivity contribution in [1.82, 2.24) is 5.32 Å². The molecule has 1 saturated heterocycles. The largest absolute Gasteiger partial charge is 0.359 e. The molecule has 1 aliphatic heterocycles. The molecular formula is C17H32N2S. The Morgan fingerprint density at radius 3 is 2.10 bits per heavy atom. The normalized spacial score (nSPS) is 30.4. The molecule has 1 saturated carbocycles. The van der Waals surface area contributed by atoms with E-state index in [0.29, 0.717) is 22.4 Å². The monoisotopic (exact) mass is 296 g/mol. The predicted octanol–water partition coefficient (Wildman–Crippen LogP) is 4.84. The summed E-state index contributed by atoms with van der Waals surface area (Å²) in [5.41, 5.74) is 1.14. The summed E-state index contributed by atoms with van der Waals surface area (Å²) < 4.78 is 0. The maximum absolute atomic E-state index is 5.09. The second kappa shape index (κ2) is 5.55. The van der Waals surface area contributed by atoms with Crippen molar-refractivity contribution in [3.63, 3.8) is 0 Å². The molecular weight excluding hydrogens is 264 g/mol. The van der Waals surface area contributed by atoms with E-state index in [1.54, 1.807) is 0 Å². The minimum atomic E-state index is 0.295. The molecule has 2 rings (SSSR count). The molecule has 2 nitrogen and oxygen atoms in total. The zero-order valence-electron chi connectivity index (χ0n) is 14.2. The molecule has 0 bridgehead atoms. The summed E-state index contributed by atoms with van der Waals surface area (Å²) in [7, 11) is 0. The Kier molecular flexibility index (Phi) is 4.49. The van der Waals surface area contributed by atoms with Gasteiger partial charge in [-0.3, -0.25) is 4.99 Å². The van der Waals surface area contributed by atoms with Gasteiger partial charge in [0, 0.05) is 11.3 Å². The first-order valence-corrected chi connectivity index (χ1v) is 9.17. The summed E-state index contributed by atoms with van der Waals surface area (Å²) in [6, 6.07) is 0.494. The molecule has 2 fully saturated rings. The lowest BCUT2D eigenvalue weighted by molar-refractivity contribution is 0.0997. The highest BCUT2D eigenvalue weighted by Crippen LogP contribution is 2.47. The van der Waals surface area contributed by atoms with Crippen LogP contribution in [0.2, 0.25) is 0 Å². The van der Waals surface area contributed by atoms with Crippen LogP contribution in [0.25, 0.3) is 0 Å². The molecule has 1 heterocycles. The summed E-state index contributed by atoms with van der Waals surface area (Å²) >= 11 is 1.93. The average Bonchev–Trinajstić information content (AvgIpc) is 2.69. The van der Waals surface area contributed by atoms with Crippen molar-refractivity contribution < 1.29 is 0 Å². The van der Waals surface area contributed by atoms with Crippen LogP contribution in [-0.2, 0) is 0 Å². The molecule has 0 atom stereocenters. The summed E-state index contributed by atoms with van der Waals surface area (Å²) in [4.78, 5) is 5.09. The van der Waals surface area contributed by atoms with Gasteiger partial charge in [-0.2, -0.15) is 0 Å². The fourth-order valence-corrected chi connectivity index (χ4v) is 5.66. The van der Waals surface area contributed by atoms with Crippen molar-refractivity contribution in [3.05, 3.63) is 0 Å². The van der Waals surface area contributed by atoms with Gasteiger partial charge in [-0.05, 0) is 42.9 Å². The fourth-order valence-electron chi connectivity index (χ4n) is 4.25. The molecule has 0 aromatic heterocycles. The Labute approximate surface area is 129 Å². The van der Waals surface area contributed by atoms with Crippen molar-refractivity contribution in [3.8, 4) is 0 Å². The van der Waals surface area contributed by atoms with Crippen molar-refractivity contribution >= 4 is 16.9 Å². The van der Waals surface area contributed by atoms with Gasteiger partial charge >= 0.3 is 0 Å². The van der Waals surface area contributed by atoms with Crippen molar-refractivity contribution in [2.75, 3.05) is 5.75 Å². The second-order valence-electron chi connectivity index (χ2n) is 8.40. The number of hydrogen-bond donors (Lipinski definition) is 1. The first kappa shape index (κ1) is 16.2. The third-order valence-electron chi connectivity index (χ3n) is 5.04. The molecule has 0 aromatic carbocycles. The van der Waals surface area contributed by atoms with Crippen LogP contribution in [0, 0.1) is 10.8 Å². The van der Waals surface area contributed by atoms with E-state index in [-0.39, 0.29) is 0 Å². The second-order valence-corrected chi connectivity index (χ2v) is 9.37. The Morgan fingerprint density at radius 1 is 1.10 bits per heavy atom. The molecule has 3 heteroatoms. The topological polar surface area (TPSA) is 24.4 Å². The Balaban J connectivity index is 2.08. The lowest BCUT2D eigenvalue weighted by Gasteiger charge is -2.43. The van der Waals surface area contributed by atoms with E-state index in [4.69, 9.17) is 4.99 Å². The average molecular weight is 297 g/mol. The molecule has 0 radical (unpaired) electrons. The summed E-state index contributed by atoms with van der Waals surface area (Å²) in [5, 5.41) is 4.92. The number of rotatable bonds is 3. The minimum absolute atomic E-state index is 0.295. The first-order valence-electron chi connectivity index (χ1n) is 8.18. The lowest BCUT2D eigenvalue weighted by atomic mass is 9.64. The zero-order valence-corrected chi connectivity index (χ0v) is 15.0. The predicted molar refractivity (Wildman–Crippen MR) is 91.5 cm³/mol. The maximum Gasteiger partial charge on any atom is 0.157 e. The highest BCUT2D eigenvalue weighted by molar-refractivity contribution is 8.14. The Hall–Kier alpha value is -0.180. The van der Waals surface area contributed by atoms with E-state index in [1.165, 1.54) is 43.0 Å². The van der Waals surface area contributed by atoms with E-state index in [0.717, 1.165) is 0 Å². The van der Waals surface area contributed by atoms with Crippen LogP contribution in [-0.4, -0.2) is 22.5 Å². The van der Waals surface area contributed by atoms with Crippen LogP contribution >= 0.6 is 11.8 Å². The van der Waals surface area contributed by atoms with Gasteiger partial charge in [-0.25, -0.2) is 0 Å². The van der Waals surface area contributed by atoms with E-state index in [9.17, 15) is 0 Å². The van der Waals surface area contributed by atoms with Gasteiger partial charge < -0.3 is 5.32 Å². The number of thioether (sulfide) groups is 1. The molecule has 0 aromatic rings. The van der Waals surface area contributed by atoms with Gasteiger partial charge in [-0.1, -0.05) is 53.3 Å². The Morgan fingerprint density at radius 2 is 1.65 bits per heavy atom. The lowest BCUT2D eigenvalue weighted by Crippen LogP contribution is -2.43. The number of hydrogen-bond acceptors (Lipinski definition) is 2. The first-order chi connectivity index (χ1) is 9.19. The quantitative estimate of drug-likeness (QED) is 0.805.